The van der Waals surface area contributed by atoms with E-state index in [1.807, 2.05) is 91.0 Å². The molecule has 3 rings (SSSR count). The average molecular weight is 677 g/mol. The zero-order valence-corrected chi connectivity index (χ0v) is 28.7. The van der Waals surface area contributed by atoms with Crippen LogP contribution in [0.5, 0.6) is 17.2 Å². The first kappa shape index (κ1) is 48.3. The summed E-state index contributed by atoms with van der Waals surface area (Å²) in [4.78, 5) is 0. The molecule has 0 aliphatic rings. The quantitative estimate of drug-likeness (QED) is 0.0908. The Hall–Kier alpha value is -2.59. The molecule has 0 heterocycles. The summed E-state index contributed by atoms with van der Waals surface area (Å²) in [7, 11) is -1.17. The maximum Gasteiger partial charge on any atom is 0.530 e. The molecule has 0 aliphatic carbocycles. The van der Waals surface area contributed by atoms with Gasteiger partial charge in [0.05, 0.1) is 0 Å². The topological polar surface area (TPSA) is 107 Å². The van der Waals surface area contributed by atoms with E-state index in [1.54, 1.807) is 18.5 Å². The zero-order chi connectivity index (χ0) is 33.0. The van der Waals surface area contributed by atoms with Crippen LogP contribution in [0.25, 0.3) is 0 Å². The summed E-state index contributed by atoms with van der Waals surface area (Å²) >= 11 is 0. The molecule has 44 heavy (non-hydrogen) atoms. The Morgan fingerprint density at radius 3 is 0.886 bits per heavy atom. The van der Waals surface area contributed by atoms with E-state index in [2.05, 4.69) is 47.4 Å². The van der Waals surface area contributed by atoms with E-state index >= 15 is 0 Å². The Labute approximate surface area is 277 Å². The van der Waals surface area contributed by atoms with Crippen LogP contribution < -0.4 is 13.6 Å². The molecule has 0 unspecified atom stereocenters. The third-order valence-corrected chi connectivity index (χ3v) is 9.18. The van der Waals surface area contributed by atoms with Crippen molar-refractivity contribution in [1.82, 2.24) is 0 Å². The maximum absolute atomic E-state index is 7.50. The standard InChI is InChI=1S/C18H15O3P.C12H27P.4CO.Cr/c1-4-10-16(11-5-1)19-22(20-17-12-6-2-7-13-17)21-18-14-8-3-9-15-18;1-4-7-10-13(11-8-5-2)12-9-6-3;4*1-2;/h1-15H;4-12H2,1-3H3;;;;;. The van der Waals surface area contributed by atoms with Crippen LogP contribution in [0.1, 0.15) is 59.3 Å². The fraction of sp³-hybridized carbons (Fsp3) is 0.353. The molecule has 0 bridgehead atoms. The van der Waals surface area contributed by atoms with E-state index in [4.69, 9.17) is 32.2 Å². The Bertz CT molecular complexity index is 908. The number of rotatable bonds is 15. The Morgan fingerprint density at radius 1 is 0.455 bits per heavy atom. The van der Waals surface area contributed by atoms with Crippen LogP contribution in [0.2, 0.25) is 0 Å². The zero-order valence-electron chi connectivity index (χ0n) is 25.7. The summed E-state index contributed by atoms with van der Waals surface area (Å²) in [5, 5.41) is 0. The van der Waals surface area contributed by atoms with Crippen LogP contribution in [0.15, 0.2) is 91.0 Å². The van der Waals surface area contributed by atoms with Crippen LogP contribution in [0.4, 0.5) is 0 Å². The van der Waals surface area contributed by atoms with E-state index in [0.29, 0.717) is 25.2 Å². The van der Waals surface area contributed by atoms with Gasteiger partial charge < -0.3 is 13.6 Å². The van der Waals surface area contributed by atoms with Crippen molar-refractivity contribution >= 4 is 16.5 Å². The Balaban J connectivity index is -0.000000315. The molecule has 0 fully saturated rings. The maximum atomic E-state index is 7.50. The summed E-state index contributed by atoms with van der Waals surface area (Å²) in [5.74, 6) is 2.13. The molecule has 236 valence electrons. The molecule has 0 aliphatic heterocycles. The number of unbranched alkanes of at least 4 members (excludes halogenated alkanes) is 3. The van der Waals surface area contributed by atoms with E-state index in [0.717, 1.165) is 0 Å². The first-order valence-corrected chi connectivity index (χ1v) is 16.8. The molecular formula is C34H42CrO7P2. The van der Waals surface area contributed by atoms with Gasteiger partial charge in [0, 0.05) is 17.4 Å². The predicted octanol–water partition coefficient (Wildman–Crippen LogP) is 10.2. The second-order valence-electron chi connectivity index (χ2n) is 8.34. The Kier molecular flexibility index (Phi) is 44.4. The van der Waals surface area contributed by atoms with Gasteiger partial charge in [-0.15, -0.1) is 7.92 Å². The van der Waals surface area contributed by atoms with Gasteiger partial charge in [-0.3, -0.25) is 0 Å². The third kappa shape index (κ3) is 28.2. The summed E-state index contributed by atoms with van der Waals surface area (Å²) in [6, 6.07) is 28.5. The van der Waals surface area contributed by atoms with Gasteiger partial charge in [0.15, 0.2) is 0 Å². The smallest absolute Gasteiger partial charge is 0.409 e. The van der Waals surface area contributed by atoms with E-state index in [-0.39, 0.29) is 17.4 Å². The fourth-order valence-electron chi connectivity index (χ4n) is 3.24. The number of benzene rings is 3. The van der Waals surface area contributed by atoms with Crippen LogP contribution in [-0.4, -0.2) is 18.5 Å². The molecule has 0 aromatic heterocycles. The number of para-hydroxylation sites is 3. The van der Waals surface area contributed by atoms with Gasteiger partial charge >= 0.3 is 53.8 Å². The molecule has 0 spiro atoms. The molecule has 0 saturated carbocycles. The molecular weight excluding hydrogens is 634 g/mol. The van der Waals surface area contributed by atoms with Gasteiger partial charge in [-0.2, -0.15) is 0 Å². The molecule has 0 amide bonds. The van der Waals surface area contributed by atoms with Crippen molar-refractivity contribution in [3.63, 3.8) is 0 Å². The third-order valence-electron chi connectivity index (χ3n) is 5.25. The largest absolute Gasteiger partial charge is 0.530 e. The molecule has 0 atom stereocenters. The van der Waals surface area contributed by atoms with Crippen molar-refractivity contribution in [1.29, 1.82) is 0 Å². The van der Waals surface area contributed by atoms with Gasteiger partial charge in [-0.05, 0) is 74.1 Å². The second kappa shape index (κ2) is 40.4. The van der Waals surface area contributed by atoms with Crippen LogP contribution in [0.3, 0.4) is 0 Å². The first-order chi connectivity index (χ1) is 21.2. The summed E-state index contributed by atoms with van der Waals surface area (Å²) < 4.78 is 47.5. The van der Waals surface area contributed by atoms with E-state index in [9.17, 15) is 0 Å². The minimum absolute atomic E-state index is 0. The molecule has 0 radical (unpaired) electrons. The van der Waals surface area contributed by atoms with E-state index in [1.165, 1.54) is 38.5 Å². The van der Waals surface area contributed by atoms with Crippen molar-refractivity contribution in [2.24, 2.45) is 0 Å². The van der Waals surface area contributed by atoms with Gasteiger partial charge in [0.2, 0.25) is 0 Å². The van der Waals surface area contributed by atoms with Crippen LogP contribution in [0, 0.1) is 26.6 Å². The summed E-state index contributed by atoms with van der Waals surface area (Å²) in [6.07, 6.45) is 13.2. The van der Waals surface area contributed by atoms with Crippen molar-refractivity contribution in [2.45, 2.75) is 59.3 Å². The van der Waals surface area contributed by atoms with Gasteiger partial charge in [0.1, 0.15) is 17.2 Å². The Morgan fingerprint density at radius 2 is 0.682 bits per heavy atom. The average Bonchev–Trinajstić information content (AvgIpc) is 3.10. The molecule has 3 aromatic carbocycles. The fourth-order valence-corrected chi connectivity index (χ4v) is 7.19. The van der Waals surface area contributed by atoms with Gasteiger partial charge in [-0.25, -0.2) is 0 Å². The van der Waals surface area contributed by atoms with Gasteiger partial charge in [0.25, 0.3) is 0 Å². The molecule has 10 heteroatoms. The normalized spacial score (nSPS) is 8.57. The number of hydrogen-bond acceptors (Lipinski definition) is 3. The number of hydrogen-bond donors (Lipinski definition) is 0. The summed E-state index contributed by atoms with van der Waals surface area (Å²) in [6.45, 7) is 24.9. The SMILES string of the molecule is CCCCP(CCCC)CCCC.[C-]#[O+].[C-]#[O+].[C-]#[O+].[C-]#[O+].[Cr].c1ccc(OP(Oc2ccccc2)Oc2ccccc2)cc1. The van der Waals surface area contributed by atoms with Gasteiger partial charge in [-0.1, -0.05) is 94.6 Å². The molecule has 0 saturated heterocycles. The van der Waals surface area contributed by atoms with E-state index < -0.39 is 8.60 Å². The second-order valence-corrected chi connectivity index (χ2v) is 12.0. The van der Waals surface area contributed by atoms with Crippen LogP contribution >= 0.6 is 16.5 Å². The van der Waals surface area contributed by atoms with Crippen LogP contribution in [-0.2, 0) is 36.0 Å². The van der Waals surface area contributed by atoms with Crippen molar-refractivity contribution in [3.8, 4) is 17.2 Å². The van der Waals surface area contributed by atoms with Crippen molar-refractivity contribution < 1.29 is 49.5 Å². The monoisotopic (exact) mass is 676 g/mol. The minimum atomic E-state index is -1.59. The van der Waals surface area contributed by atoms with Crippen molar-refractivity contribution in [2.75, 3.05) is 18.5 Å². The molecule has 3 aromatic rings. The first-order valence-electron chi connectivity index (χ1n) is 13.8. The van der Waals surface area contributed by atoms with Crippen molar-refractivity contribution in [3.05, 3.63) is 118 Å². The molecule has 0 N–H and O–H groups in total. The predicted molar refractivity (Wildman–Crippen MR) is 170 cm³/mol. The summed E-state index contributed by atoms with van der Waals surface area (Å²) in [5.41, 5.74) is 0. The minimum Gasteiger partial charge on any atom is -0.409 e. The molecule has 7 nitrogen and oxygen atoms in total.